The molecule has 0 aliphatic heterocycles. The highest BCUT2D eigenvalue weighted by Gasteiger charge is 2.38. The molecule has 0 bridgehead atoms. The first kappa shape index (κ1) is 8.57. The summed E-state index contributed by atoms with van der Waals surface area (Å²) in [4.78, 5) is 0. The van der Waals surface area contributed by atoms with Gasteiger partial charge in [-0.15, -0.1) is 0 Å². The second-order valence-electron chi connectivity index (χ2n) is 3.58. The molecular formula is C11H15NO. The van der Waals surface area contributed by atoms with Crippen LogP contribution in [0, 0.1) is 5.92 Å². The molecule has 70 valence electrons. The second-order valence-corrected chi connectivity index (χ2v) is 3.58. The van der Waals surface area contributed by atoms with Crippen LogP contribution in [-0.2, 0) is 0 Å². The van der Waals surface area contributed by atoms with Gasteiger partial charge in [0.05, 0.1) is 7.11 Å². The number of ether oxygens (including phenoxy) is 1. The quantitative estimate of drug-likeness (QED) is 0.763. The monoisotopic (exact) mass is 177 g/mol. The smallest absolute Gasteiger partial charge is 0.122 e. The minimum Gasteiger partial charge on any atom is -0.496 e. The van der Waals surface area contributed by atoms with Crippen molar-refractivity contribution in [2.45, 2.75) is 12.3 Å². The van der Waals surface area contributed by atoms with Crippen molar-refractivity contribution in [2.24, 2.45) is 11.7 Å². The first-order valence-corrected chi connectivity index (χ1v) is 4.69. The summed E-state index contributed by atoms with van der Waals surface area (Å²) in [5.74, 6) is 2.32. The van der Waals surface area contributed by atoms with Crippen molar-refractivity contribution < 1.29 is 4.74 Å². The van der Waals surface area contributed by atoms with Gasteiger partial charge in [-0.3, -0.25) is 0 Å². The number of methoxy groups -OCH3 is 1. The van der Waals surface area contributed by atoms with Crippen LogP contribution < -0.4 is 10.5 Å². The van der Waals surface area contributed by atoms with Gasteiger partial charge in [0.15, 0.2) is 0 Å². The number of hydrogen-bond donors (Lipinski definition) is 1. The van der Waals surface area contributed by atoms with E-state index in [0.29, 0.717) is 11.8 Å². The average molecular weight is 177 g/mol. The Balaban J connectivity index is 2.20. The number of nitrogens with two attached hydrogens (primary N) is 1. The fraction of sp³-hybridized carbons (Fsp3) is 0.455. The van der Waals surface area contributed by atoms with Gasteiger partial charge in [0.2, 0.25) is 0 Å². The van der Waals surface area contributed by atoms with Crippen LogP contribution in [0.2, 0.25) is 0 Å². The lowest BCUT2D eigenvalue weighted by Crippen LogP contribution is -2.02. The molecule has 1 saturated carbocycles. The van der Waals surface area contributed by atoms with Gasteiger partial charge < -0.3 is 10.5 Å². The van der Waals surface area contributed by atoms with Gasteiger partial charge in [0, 0.05) is 0 Å². The Hall–Kier alpha value is -1.02. The number of hydrogen-bond acceptors (Lipinski definition) is 2. The van der Waals surface area contributed by atoms with Crippen molar-refractivity contribution in [2.75, 3.05) is 13.7 Å². The summed E-state index contributed by atoms with van der Waals surface area (Å²) >= 11 is 0. The van der Waals surface area contributed by atoms with E-state index in [1.165, 1.54) is 12.0 Å². The highest BCUT2D eigenvalue weighted by atomic mass is 16.5. The summed E-state index contributed by atoms with van der Waals surface area (Å²) in [6.45, 7) is 0.794. The van der Waals surface area contributed by atoms with Crippen molar-refractivity contribution in [1.82, 2.24) is 0 Å². The summed E-state index contributed by atoms with van der Waals surface area (Å²) in [5, 5.41) is 0. The van der Waals surface area contributed by atoms with Crippen molar-refractivity contribution in [3.8, 4) is 5.75 Å². The largest absolute Gasteiger partial charge is 0.496 e. The minimum absolute atomic E-state index is 0.640. The van der Waals surface area contributed by atoms with E-state index >= 15 is 0 Å². The van der Waals surface area contributed by atoms with Gasteiger partial charge in [-0.2, -0.15) is 0 Å². The molecule has 13 heavy (non-hydrogen) atoms. The number of para-hydroxylation sites is 1. The van der Waals surface area contributed by atoms with Gasteiger partial charge in [0.25, 0.3) is 0 Å². The summed E-state index contributed by atoms with van der Waals surface area (Å²) in [6.07, 6.45) is 1.22. The molecule has 1 aromatic rings. The molecular weight excluding hydrogens is 162 g/mol. The second kappa shape index (κ2) is 3.38. The zero-order chi connectivity index (χ0) is 9.26. The Bertz CT molecular complexity index is 298. The Morgan fingerprint density at radius 3 is 2.85 bits per heavy atom. The first-order valence-electron chi connectivity index (χ1n) is 4.69. The molecule has 0 heterocycles. The van der Waals surface area contributed by atoms with Crippen molar-refractivity contribution in [3.63, 3.8) is 0 Å². The van der Waals surface area contributed by atoms with Crippen LogP contribution in [0.4, 0.5) is 0 Å². The average Bonchev–Trinajstić information content (AvgIpc) is 2.96. The van der Waals surface area contributed by atoms with Crippen molar-refractivity contribution in [1.29, 1.82) is 0 Å². The van der Waals surface area contributed by atoms with Gasteiger partial charge in [0.1, 0.15) is 5.75 Å². The van der Waals surface area contributed by atoms with E-state index in [2.05, 4.69) is 12.1 Å². The maximum Gasteiger partial charge on any atom is 0.122 e. The van der Waals surface area contributed by atoms with E-state index in [1.807, 2.05) is 12.1 Å². The van der Waals surface area contributed by atoms with Crippen LogP contribution in [0.3, 0.4) is 0 Å². The molecule has 2 atom stereocenters. The third kappa shape index (κ3) is 1.54. The molecule has 0 amide bonds. The van der Waals surface area contributed by atoms with Gasteiger partial charge in [-0.1, -0.05) is 18.2 Å². The highest BCUT2D eigenvalue weighted by Crippen LogP contribution is 2.49. The van der Waals surface area contributed by atoms with Crippen LogP contribution in [0.25, 0.3) is 0 Å². The molecule has 0 aromatic heterocycles. The van der Waals surface area contributed by atoms with Crippen molar-refractivity contribution >= 4 is 0 Å². The Labute approximate surface area is 78.7 Å². The summed E-state index contributed by atoms with van der Waals surface area (Å²) < 4.78 is 5.30. The SMILES string of the molecule is COc1ccccc1[C@H]1C[C@H]1CN. The molecule has 2 rings (SSSR count). The van der Waals surface area contributed by atoms with Crippen LogP contribution in [0.1, 0.15) is 17.9 Å². The van der Waals surface area contributed by atoms with Crippen LogP contribution in [-0.4, -0.2) is 13.7 Å². The fourth-order valence-corrected chi connectivity index (χ4v) is 1.86. The fourth-order valence-electron chi connectivity index (χ4n) is 1.86. The summed E-state index contributed by atoms with van der Waals surface area (Å²) in [5.41, 5.74) is 6.93. The zero-order valence-corrected chi connectivity index (χ0v) is 7.86. The predicted molar refractivity (Wildman–Crippen MR) is 52.9 cm³/mol. The number of rotatable bonds is 3. The van der Waals surface area contributed by atoms with Gasteiger partial charge >= 0.3 is 0 Å². The van der Waals surface area contributed by atoms with E-state index in [-0.39, 0.29) is 0 Å². The summed E-state index contributed by atoms with van der Waals surface area (Å²) in [7, 11) is 1.72. The van der Waals surface area contributed by atoms with Crippen molar-refractivity contribution in [3.05, 3.63) is 29.8 Å². The maximum atomic E-state index is 5.61. The third-order valence-corrected chi connectivity index (χ3v) is 2.76. The zero-order valence-electron chi connectivity index (χ0n) is 7.86. The van der Waals surface area contributed by atoms with Gasteiger partial charge in [-0.05, 0) is 36.4 Å². The molecule has 1 aromatic carbocycles. The van der Waals surface area contributed by atoms with Gasteiger partial charge in [-0.25, -0.2) is 0 Å². The predicted octanol–water partition coefficient (Wildman–Crippen LogP) is 1.76. The molecule has 0 unspecified atom stereocenters. The highest BCUT2D eigenvalue weighted by molar-refractivity contribution is 5.39. The van der Waals surface area contributed by atoms with E-state index < -0.39 is 0 Å². The molecule has 0 saturated heterocycles. The van der Waals surface area contributed by atoms with Crippen LogP contribution >= 0.6 is 0 Å². The normalized spacial score (nSPS) is 25.7. The molecule has 0 spiro atoms. The Kier molecular flexibility index (Phi) is 2.23. The topological polar surface area (TPSA) is 35.2 Å². The third-order valence-electron chi connectivity index (χ3n) is 2.76. The Morgan fingerprint density at radius 2 is 2.23 bits per heavy atom. The maximum absolute atomic E-state index is 5.61. The van der Waals surface area contributed by atoms with E-state index in [0.717, 1.165) is 12.3 Å². The minimum atomic E-state index is 0.640. The Morgan fingerprint density at radius 1 is 1.46 bits per heavy atom. The van der Waals surface area contributed by atoms with Crippen LogP contribution in [0.15, 0.2) is 24.3 Å². The lowest BCUT2D eigenvalue weighted by Gasteiger charge is -2.06. The van der Waals surface area contributed by atoms with E-state index in [9.17, 15) is 0 Å². The molecule has 2 nitrogen and oxygen atoms in total. The first-order chi connectivity index (χ1) is 6.36. The molecule has 0 radical (unpaired) electrons. The molecule has 1 aliphatic carbocycles. The summed E-state index contributed by atoms with van der Waals surface area (Å²) in [6, 6.07) is 8.21. The van der Waals surface area contributed by atoms with E-state index in [1.54, 1.807) is 7.11 Å². The molecule has 2 N–H and O–H groups in total. The molecule has 1 aliphatic rings. The lowest BCUT2D eigenvalue weighted by atomic mass is 10.1. The van der Waals surface area contributed by atoms with E-state index in [4.69, 9.17) is 10.5 Å². The lowest BCUT2D eigenvalue weighted by molar-refractivity contribution is 0.409. The molecule has 1 fully saturated rings. The standard InChI is InChI=1S/C11H15NO/c1-13-11-5-3-2-4-9(11)10-6-8(10)7-12/h2-5,8,10H,6-7,12H2,1H3/t8-,10-/m0/s1. The van der Waals surface area contributed by atoms with Crippen LogP contribution in [0.5, 0.6) is 5.75 Å². The number of benzene rings is 1. The molecule has 2 heteroatoms.